The summed E-state index contributed by atoms with van der Waals surface area (Å²) in [7, 11) is 0. The van der Waals surface area contributed by atoms with Gasteiger partial charge in [0.15, 0.2) is 5.82 Å². The number of benzene rings is 1. The number of hydrogen-bond acceptors (Lipinski definition) is 5. The SMILES string of the molecule is Oc1cccc(-c2nc(CC3CCCCO3)no2)c1. The summed E-state index contributed by atoms with van der Waals surface area (Å²) >= 11 is 0. The van der Waals surface area contributed by atoms with Crippen LogP contribution < -0.4 is 0 Å². The van der Waals surface area contributed by atoms with Crippen LogP contribution in [0.5, 0.6) is 5.75 Å². The molecular formula is C14H16N2O3. The van der Waals surface area contributed by atoms with Crippen molar-refractivity contribution in [2.45, 2.75) is 31.8 Å². The van der Waals surface area contributed by atoms with Crippen LogP contribution in [0.2, 0.25) is 0 Å². The quantitative estimate of drug-likeness (QED) is 0.918. The van der Waals surface area contributed by atoms with E-state index in [-0.39, 0.29) is 11.9 Å². The standard InChI is InChI=1S/C14H16N2O3/c17-11-5-3-4-10(8-11)14-15-13(16-19-14)9-12-6-1-2-7-18-12/h3-5,8,12,17H,1-2,6-7,9H2. The summed E-state index contributed by atoms with van der Waals surface area (Å²) in [5.41, 5.74) is 0.725. The molecule has 2 aromatic rings. The summed E-state index contributed by atoms with van der Waals surface area (Å²) < 4.78 is 10.9. The Kier molecular flexibility index (Phi) is 3.46. The predicted octanol–water partition coefficient (Wildman–Crippen LogP) is 2.55. The monoisotopic (exact) mass is 260 g/mol. The summed E-state index contributed by atoms with van der Waals surface area (Å²) in [4.78, 5) is 4.35. The van der Waals surface area contributed by atoms with Crippen molar-refractivity contribution in [3.05, 3.63) is 30.1 Å². The zero-order valence-corrected chi connectivity index (χ0v) is 10.6. The molecule has 3 rings (SSSR count). The first-order valence-electron chi connectivity index (χ1n) is 6.55. The molecule has 1 atom stereocenters. The van der Waals surface area contributed by atoms with Crippen LogP contribution in [0.1, 0.15) is 25.1 Å². The molecule has 0 spiro atoms. The van der Waals surface area contributed by atoms with E-state index in [1.54, 1.807) is 18.2 Å². The van der Waals surface area contributed by atoms with Crippen LogP contribution in [0.25, 0.3) is 11.5 Å². The third kappa shape index (κ3) is 2.93. The van der Waals surface area contributed by atoms with Crippen molar-refractivity contribution in [3.8, 4) is 17.2 Å². The minimum absolute atomic E-state index is 0.188. The van der Waals surface area contributed by atoms with E-state index in [0.29, 0.717) is 18.1 Å². The zero-order chi connectivity index (χ0) is 13.1. The maximum atomic E-state index is 9.43. The summed E-state index contributed by atoms with van der Waals surface area (Å²) in [6, 6.07) is 6.79. The zero-order valence-electron chi connectivity index (χ0n) is 10.6. The van der Waals surface area contributed by atoms with Gasteiger partial charge in [-0.2, -0.15) is 4.98 Å². The van der Waals surface area contributed by atoms with Crippen molar-refractivity contribution in [1.29, 1.82) is 0 Å². The van der Waals surface area contributed by atoms with Crippen LogP contribution in [0.4, 0.5) is 0 Å². The van der Waals surface area contributed by atoms with Crippen molar-refractivity contribution in [1.82, 2.24) is 10.1 Å². The molecular weight excluding hydrogens is 244 g/mol. The molecule has 1 aliphatic rings. The number of phenols is 1. The first kappa shape index (κ1) is 12.2. The second-order valence-electron chi connectivity index (χ2n) is 4.76. The van der Waals surface area contributed by atoms with Gasteiger partial charge in [-0.25, -0.2) is 0 Å². The highest BCUT2D eigenvalue weighted by Crippen LogP contribution is 2.22. The highest BCUT2D eigenvalue weighted by molar-refractivity contribution is 5.55. The number of phenolic OH excluding ortho intramolecular Hbond substituents is 1. The minimum Gasteiger partial charge on any atom is -0.508 e. The Bertz CT molecular complexity index is 547. The first-order chi connectivity index (χ1) is 9.31. The molecule has 5 nitrogen and oxygen atoms in total. The van der Waals surface area contributed by atoms with Crippen molar-refractivity contribution in [2.24, 2.45) is 0 Å². The number of aromatic nitrogens is 2. The molecule has 2 heterocycles. The lowest BCUT2D eigenvalue weighted by Gasteiger charge is -2.20. The smallest absolute Gasteiger partial charge is 0.258 e. The van der Waals surface area contributed by atoms with Gasteiger partial charge < -0.3 is 14.4 Å². The molecule has 0 saturated carbocycles. The molecule has 0 aliphatic carbocycles. The Morgan fingerprint density at radius 1 is 1.32 bits per heavy atom. The van der Waals surface area contributed by atoms with Crippen LogP contribution in [0.15, 0.2) is 28.8 Å². The van der Waals surface area contributed by atoms with Gasteiger partial charge >= 0.3 is 0 Å². The van der Waals surface area contributed by atoms with Crippen LogP contribution >= 0.6 is 0 Å². The minimum atomic E-state index is 0.188. The lowest BCUT2D eigenvalue weighted by molar-refractivity contribution is 0.0153. The lowest BCUT2D eigenvalue weighted by Crippen LogP contribution is -2.21. The largest absolute Gasteiger partial charge is 0.508 e. The molecule has 0 radical (unpaired) electrons. The Labute approximate surface area is 111 Å². The molecule has 0 amide bonds. The summed E-state index contributed by atoms with van der Waals surface area (Å²) in [6.45, 7) is 0.821. The van der Waals surface area contributed by atoms with Crippen LogP contribution in [-0.4, -0.2) is 28.0 Å². The fourth-order valence-electron chi connectivity index (χ4n) is 2.27. The van der Waals surface area contributed by atoms with E-state index in [2.05, 4.69) is 10.1 Å². The van der Waals surface area contributed by atoms with Gasteiger partial charge in [-0.15, -0.1) is 0 Å². The summed E-state index contributed by atoms with van der Waals surface area (Å²) in [5.74, 6) is 1.28. The molecule has 1 saturated heterocycles. The highest BCUT2D eigenvalue weighted by Gasteiger charge is 2.18. The van der Waals surface area contributed by atoms with E-state index in [0.717, 1.165) is 25.0 Å². The number of aromatic hydroxyl groups is 1. The van der Waals surface area contributed by atoms with Crippen LogP contribution in [-0.2, 0) is 11.2 Å². The molecule has 1 aromatic heterocycles. The van der Waals surface area contributed by atoms with Gasteiger partial charge in [0.1, 0.15) is 5.75 Å². The van der Waals surface area contributed by atoms with Gasteiger partial charge in [-0.05, 0) is 37.5 Å². The van der Waals surface area contributed by atoms with E-state index < -0.39 is 0 Å². The van der Waals surface area contributed by atoms with Crippen molar-refractivity contribution < 1.29 is 14.4 Å². The normalized spacial score (nSPS) is 19.5. The summed E-state index contributed by atoms with van der Waals surface area (Å²) in [5, 5.41) is 13.4. The fraction of sp³-hybridized carbons (Fsp3) is 0.429. The third-order valence-electron chi connectivity index (χ3n) is 3.25. The Morgan fingerprint density at radius 2 is 2.26 bits per heavy atom. The number of hydrogen-bond donors (Lipinski definition) is 1. The Hall–Kier alpha value is -1.88. The van der Waals surface area contributed by atoms with Gasteiger partial charge in [0.05, 0.1) is 6.10 Å². The second-order valence-corrected chi connectivity index (χ2v) is 4.76. The second kappa shape index (κ2) is 5.40. The molecule has 5 heteroatoms. The average molecular weight is 260 g/mol. The Morgan fingerprint density at radius 3 is 3.05 bits per heavy atom. The van der Waals surface area contributed by atoms with Gasteiger partial charge in [-0.3, -0.25) is 0 Å². The molecule has 19 heavy (non-hydrogen) atoms. The van der Waals surface area contributed by atoms with Gasteiger partial charge in [0.2, 0.25) is 0 Å². The van der Waals surface area contributed by atoms with E-state index in [1.807, 2.05) is 6.07 Å². The summed E-state index contributed by atoms with van der Waals surface area (Å²) in [6.07, 6.45) is 4.26. The van der Waals surface area contributed by atoms with Gasteiger partial charge in [-0.1, -0.05) is 11.2 Å². The third-order valence-corrected chi connectivity index (χ3v) is 3.25. The van der Waals surface area contributed by atoms with Crippen molar-refractivity contribution in [2.75, 3.05) is 6.61 Å². The maximum absolute atomic E-state index is 9.43. The van der Waals surface area contributed by atoms with Crippen molar-refractivity contribution >= 4 is 0 Å². The topological polar surface area (TPSA) is 68.4 Å². The molecule has 1 fully saturated rings. The van der Waals surface area contributed by atoms with E-state index in [9.17, 15) is 5.11 Å². The first-order valence-corrected chi connectivity index (χ1v) is 6.55. The molecule has 1 N–H and O–H groups in total. The van der Waals surface area contributed by atoms with E-state index in [1.165, 1.54) is 6.42 Å². The average Bonchev–Trinajstić information content (AvgIpc) is 2.88. The van der Waals surface area contributed by atoms with Crippen LogP contribution in [0, 0.1) is 0 Å². The van der Waals surface area contributed by atoms with Crippen molar-refractivity contribution in [3.63, 3.8) is 0 Å². The molecule has 1 aromatic carbocycles. The molecule has 100 valence electrons. The fourth-order valence-corrected chi connectivity index (χ4v) is 2.27. The highest BCUT2D eigenvalue weighted by atomic mass is 16.5. The Balaban J connectivity index is 1.72. The molecule has 0 bridgehead atoms. The number of rotatable bonds is 3. The maximum Gasteiger partial charge on any atom is 0.258 e. The van der Waals surface area contributed by atoms with Gasteiger partial charge in [0.25, 0.3) is 5.89 Å². The number of nitrogens with zero attached hydrogens (tertiary/aromatic N) is 2. The lowest BCUT2D eigenvalue weighted by atomic mass is 10.1. The van der Waals surface area contributed by atoms with Crippen LogP contribution in [0.3, 0.4) is 0 Å². The molecule has 1 unspecified atom stereocenters. The van der Waals surface area contributed by atoms with E-state index in [4.69, 9.17) is 9.26 Å². The molecule has 1 aliphatic heterocycles. The number of ether oxygens (including phenoxy) is 1. The van der Waals surface area contributed by atoms with Gasteiger partial charge in [0, 0.05) is 18.6 Å². The van der Waals surface area contributed by atoms with E-state index >= 15 is 0 Å². The predicted molar refractivity (Wildman–Crippen MR) is 68.7 cm³/mol.